The van der Waals surface area contributed by atoms with Gasteiger partial charge in [-0.2, -0.15) is 0 Å². The summed E-state index contributed by atoms with van der Waals surface area (Å²) in [6.45, 7) is 0.420. The van der Waals surface area contributed by atoms with Crippen LogP contribution in [0, 0.1) is 10.1 Å². The predicted molar refractivity (Wildman–Crippen MR) is 70.9 cm³/mol. The number of rotatable bonds is 5. The fraction of sp³-hybridized carbons (Fsp3) is 0.154. The topological polar surface area (TPSA) is 96.8 Å². The van der Waals surface area contributed by atoms with E-state index in [2.05, 4.69) is 0 Å². The Kier molecular flexibility index (Phi) is 3.69. The molecular weight excluding hydrogens is 264 g/mol. The van der Waals surface area contributed by atoms with Gasteiger partial charge in [-0.1, -0.05) is 0 Å². The number of carboxylic acid groups (broad SMARTS) is 1. The Morgan fingerprint density at radius 3 is 2.75 bits per heavy atom. The van der Waals surface area contributed by atoms with Crippen molar-refractivity contribution >= 4 is 17.3 Å². The first-order chi connectivity index (χ1) is 9.49. The second-order valence-corrected chi connectivity index (χ2v) is 4.25. The summed E-state index contributed by atoms with van der Waals surface area (Å²) in [6, 6.07) is 5.59. The van der Waals surface area contributed by atoms with Gasteiger partial charge in [-0.05, 0) is 18.2 Å². The molecule has 0 bridgehead atoms. The molecule has 1 N–H and O–H groups in total. The average molecular weight is 276 g/mol. The second-order valence-electron chi connectivity index (χ2n) is 4.25. The highest BCUT2D eigenvalue weighted by atomic mass is 16.6. The number of nitro groups is 1. The summed E-state index contributed by atoms with van der Waals surface area (Å²) in [5.41, 5.74) is 0.860. The summed E-state index contributed by atoms with van der Waals surface area (Å²) in [7, 11) is 1.69. The minimum atomic E-state index is -1.20. The third-order valence-corrected chi connectivity index (χ3v) is 2.83. The van der Waals surface area contributed by atoms with Gasteiger partial charge < -0.3 is 14.4 Å². The van der Waals surface area contributed by atoms with Gasteiger partial charge >= 0.3 is 5.97 Å². The lowest BCUT2D eigenvalue weighted by molar-refractivity contribution is -0.384. The number of carboxylic acids is 1. The summed E-state index contributed by atoms with van der Waals surface area (Å²) < 4.78 is 4.94. The van der Waals surface area contributed by atoms with E-state index in [1.54, 1.807) is 24.3 Å². The maximum atomic E-state index is 11.1. The summed E-state index contributed by atoms with van der Waals surface area (Å²) >= 11 is 0. The van der Waals surface area contributed by atoms with E-state index in [0.717, 1.165) is 11.6 Å². The van der Waals surface area contributed by atoms with Gasteiger partial charge in [0.2, 0.25) is 0 Å². The minimum absolute atomic E-state index is 0.114. The van der Waals surface area contributed by atoms with Crippen molar-refractivity contribution in [3.8, 4) is 0 Å². The molecule has 104 valence electrons. The van der Waals surface area contributed by atoms with Crippen LogP contribution in [0.1, 0.15) is 15.9 Å². The van der Waals surface area contributed by atoms with Crippen LogP contribution in [-0.2, 0) is 6.54 Å². The Bertz CT molecular complexity index is 636. The molecule has 2 aromatic rings. The third kappa shape index (κ3) is 2.77. The zero-order valence-corrected chi connectivity index (χ0v) is 10.6. The second kappa shape index (κ2) is 5.43. The quantitative estimate of drug-likeness (QED) is 0.665. The van der Waals surface area contributed by atoms with Crippen LogP contribution in [0.5, 0.6) is 0 Å². The predicted octanol–water partition coefficient (Wildman–Crippen LogP) is 2.52. The van der Waals surface area contributed by atoms with E-state index in [9.17, 15) is 14.9 Å². The van der Waals surface area contributed by atoms with Crippen LogP contribution in [0.25, 0.3) is 0 Å². The molecule has 0 aliphatic rings. The molecule has 7 heteroatoms. The smallest absolute Gasteiger partial charge is 0.335 e. The minimum Gasteiger partial charge on any atom is -0.478 e. The van der Waals surface area contributed by atoms with Gasteiger partial charge in [0.25, 0.3) is 5.69 Å². The SMILES string of the molecule is CN(Cc1ccoc1)c1ccc(C(=O)O)cc1[N+](=O)[O-]. The van der Waals surface area contributed by atoms with Crippen molar-refractivity contribution in [1.82, 2.24) is 0 Å². The highest BCUT2D eigenvalue weighted by Crippen LogP contribution is 2.29. The van der Waals surface area contributed by atoms with Crippen molar-refractivity contribution in [2.24, 2.45) is 0 Å². The molecular formula is C13H12N2O5. The molecule has 1 aromatic carbocycles. The van der Waals surface area contributed by atoms with Crippen molar-refractivity contribution < 1.29 is 19.2 Å². The zero-order valence-electron chi connectivity index (χ0n) is 10.6. The van der Waals surface area contributed by atoms with E-state index < -0.39 is 10.9 Å². The molecule has 20 heavy (non-hydrogen) atoms. The fourth-order valence-electron chi connectivity index (χ4n) is 1.87. The van der Waals surface area contributed by atoms with E-state index in [-0.39, 0.29) is 11.3 Å². The molecule has 0 saturated carbocycles. The van der Waals surface area contributed by atoms with E-state index in [1.165, 1.54) is 18.4 Å². The summed E-state index contributed by atoms with van der Waals surface area (Å²) in [6.07, 6.45) is 3.07. The Morgan fingerprint density at radius 2 is 2.20 bits per heavy atom. The van der Waals surface area contributed by atoms with Crippen LogP contribution in [0.3, 0.4) is 0 Å². The Morgan fingerprint density at radius 1 is 1.45 bits per heavy atom. The summed E-state index contributed by atoms with van der Waals surface area (Å²) in [5.74, 6) is -1.20. The van der Waals surface area contributed by atoms with E-state index in [0.29, 0.717) is 12.2 Å². The van der Waals surface area contributed by atoms with Crippen LogP contribution in [0.4, 0.5) is 11.4 Å². The van der Waals surface area contributed by atoms with Crippen molar-refractivity contribution in [3.63, 3.8) is 0 Å². The number of hydrogen-bond donors (Lipinski definition) is 1. The first-order valence-corrected chi connectivity index (χ1v) is 5.73. The van der Waals surface area contributed by atoms with Crippen LogP contribution >= 0.6 is 0 Å². The van der Waals surface area contributed by atoms with Gasteiger partial charge in [0.15, 0.2) is 0 Å². The first kappa shape index (κ1) is 13.6. The molecule has 0 fully saturated rings. The Hall–Kier alpha value is -2.83. The highest BCUT2D eigenvalue weighted by molar-refractivity contribution is 5.89. The van der Waals surface area contributed by atoms with Crippen molar-refractivity contribution in [3.05, 3.63) is 58.0 Å². The zero-order chi connectivity index (χ0) is 14.7. The van der Waals surface area contributed by atoms with E-state index >= 15 is 0 Å². The molecule has 0 saturated heterocycles. The molecule has 0 spiro atoms. The lowest BCUT2D eigenvalue weighted by atomic mass is 10.1. The highest BCUT2D eigenvalue weighted by Gasteiger charge is 2.20. The van der Waals surface area contributed by atoms with Crippen LogP contribution in [0.2, 0.25) is 0 Å². The average Bonchev–Trinajstić information content (AvgIpc) is 2.90. The molecule has 0 unspecified atom stereocenters. The normalized spacial score (nSPS) is 10.2. The van der Waals surface area contributed by atoms with Gasteiger partial charge in [0.1, 0.15) is 5.69 Å². The Balaban J connectivity index is 2.35. The molecule has 1 aromatic heterocycles. The van der Waals surface area contributed by atoms with Crippen molar-refractivity contribution in [2.75, 3.05) is 11.9 Å². The van der Waals surface area contributed by atoms with Crippen LogP contribution in [0.15, 0.2) is 41.2 Å². The number of nitro benzene ring substituents is 1. The molecule has 1 heterocycles. The molecule has 0 radical (unpaired) electrons. The summed E-state index contributed by atoms with van der Waals surface area (Å²) in [4.78, 5) is 23.0. The fourth-order valence-corrected chi connectivity index (χ4v) is 1.87. The molecule has 0 atom stereocenters. The van der Waals surface area contributed by atoms with E-state index in [4.69, 9.17) is 9.52 Å². The molecule has 0 aliphatic carbocycles. The van der Waals surface area contributed by atoms with Gasteiger partial charge in [-0.3, -0.25) is 10.1 Å². The van der Waals surface area contributed by atoms with Gasteiger partial charge in [0, 0.05) is 25.2 Å². The maximum Gasteiger partial charge on any atom is 0.335 e. The number of aromatic carboxylic acids is 1. The number of anilines is 1. The number of carbonyl (C=O) groups is 1. The van der Waals surface area contributed by atoms with E-state index in [1.807, 2.05) is 0 Å². The molecule has 0 aliphatic heterocycles. The number of furan rings is 1. The molecule has 0 amide bonds. The van der Waals surface area contributed by atoms with Crippen molar-refractivity contribution in [2.45, 2.75) is 6.54 Å². The Labute approximate surface area is 114 Å². The maximum absolute atomic E-state index is 11.1. The third-order valence-electron chi connectivity index (χ3n) is 2.83. The van der Waals surface area contributed by atoms with Crippen LogP contribution < -0.4 is 4.90 Å². The lowest BCUT2D eigenvalue weighted by Crippen LogP contribution is -2.17. The number of nitrogens with zero attached hydrogens (tertiary/aromatic N) is 2. The monoisotopic (exact) mass is 276 g/mol. The van der Waals surface area contributed by atoms with Gasteiger partial charge in [-0.15, -0.1) is 0 Å². The summed E-state index contributed by atoms with van der Waals surface area (Å²) in [5, 5.41) is 20.0. The number of hydrogen-bond acceptors (Lipinski definition) is 5. The lowest BCUT2D eigenvalue weighted by Gasteiger charge is -2.18. The van der Waals surface area contributed by atoms with Gasteiger partial charge in [-0.25, -0.2) is 4.79 Å². The van der Waals surface area contributed by atoms with Gasteiger partial charge in [0.05, 0.1) is 23.0 Å². The number of benzene rings is 1. The standard InChI is InChI=1S/C13H12N2O5/c1-14(7-9-4-5-20-8-9)11-3-2-10(13(16)17)6-12(11)15(18)19/h2-6,8H,7H2,1H3,(H,16,17). The van der Waals surface area contributed by atoms with Crippen molar-refractivity contribution in [1.29, 1.82) is 0 Å². The first-order valence-electron chi connectivity index (χ1n) is 5.73. The molecule has 7 nitrogen and oxygen atoms in total. The van der Waals surface area contributed by atoms with Crippen LogP contribution in [-0.4, -0.2) is 23.0 Å². The largest absolute Gasteiger partial charge is 0.478 e. The molecule has 2 rings (SSSR count).